The lowest BCUT2D eigenvalue weighted by Gasteiger charge is -2.07. The highest BCUT2D eigenvalue weighted by molar-refractivity contribution is 6.44. The molecular formula is C16H9Cl2N3O3. The zero-order chi connectivity index (χ0) is 17.7. The Balaban J connectivity index is 2.24. The maximum atomic E-state index is 12.2. The average molecular weight is 362 g/mol. The van der Waals surface area contributed by atoms with Crippen molar-refractivity contribution in [3.8, 4) is 6.07 Å². The van der Waals surface area contributed by atoms with Crippen LogP contribution in [0.2, 0.25) is 10.0 Å². The van der Waals surface area contributed by atoms with Gasteiger partial charge in [-0.3, -0.25) is 14.9 Å². The molecule has 8 heteroatoms. The Morgan fingerprint density at radius 3 is 2.46 bits per heavy atom. The first-order valence-corrected chi connectivity index (χ1v) is 7.29. The van der Waals surface area contributed by atoms with Gasteiger partial charge in [-0.2, -0.15) is 5.26 Å². The van der Waals surface area contributed by atoms with Gasteiger partial charge in [0.25, 0.3) is 11.6 Å². The smallest absolute Gasteiger partial charge is 0.269 e. The molecule has 0 aliphatic heterocycles. The molecule has 2 rings (SSSR count). The number of rotatable bonds is 4. The summed E-state index contributed by atoms with van der Waals surface area (Å²) in [7, 11) is 0. The molecule has 24 heavy (non-hydrogen) atoms. The van der Waals surface area contributed by atoms with Crippen LogP contribution >= 0.6 is 23.2 Å². The summed E-state index contributed by atoms with van der Waals surface area (Å²) < 4.78 is 0. The van der Waals surface area contributed by atoms with Crippen LogP contribution in [0.1, 0.15) is 5.56 Å². The number of carbonyl (C=O) groups excluding carboxylic acids is 1. The number of nitrogens with zero attached hydrogens (tertiary/aromatic N) is 2. The number of carbonyl (C=O) groups is 1. The van der Waals surface area contributed by atoms with Crippen LogP contribution in [0.4, 0.5) is 11.4 Å². The van der Waals surface area contributed by atoms with Crippen LogP contribution in [0, 0.1) is 21.4 Å². The Bertz CT molecular complexity index is 871. The van der Waals surface area contributed by atoms with Crippen molar-refractivity contribution in [2.24, 2.45) is 0 Å². The fourth-order valence-corrected chi connectivity index (χ4v) is 2.15. The van der Waals surface area contributed by atoms with Gasteiger partial charge in [-0.05, 0) is 35.9 Å². The van der Waals surface area contributed by atoms with E-state index in [1.165, 1.54) is 30.3 Å². The number of non-ortho nitro benzene ring substituents is 1. The minimum Gasteiger partial charge on any atom is -0.320 e. The number of halogens is 2. The molecule has 0 heterocycles. The standard InChI is InChI=1S/C16H9Cl2N3O3/c17-13-2-1-3-14(15(13)18)20-16(22)11(9-19)8-10-4-6-12(7-5-10)21(23)24/h1-8H,(H,20,22)/b11-8+. The predicted octanol–water partition coefficient (Wildman–Crippen LogP) is 4.45. The number of nitro groups is 1. The highest BCUT2D eigenvalue weighted by Gasteiger charge is 2.13. The number of hydrogen-bond acceptors (Lipinski definition) is 4. The summed E-state index contributed by atoms with van der Waals surface area (Å²) in [4.78, 5) is 22.3. The minimum absolute atomic E-state index is 0.0826. The van der Waals surface area contributed by atoms with Crippen molar-refractivity contribution >= 4 is 46.6 Å². The van der Waals surface area contributed by atoms with Gasteiger partial charge in [0, 0.05) is 12.1 Å². The highest BCUT2D eigenvalue weighted by Crippen LogP contribution is 2.29. The summed E-state index contributed by atoms with van der Waals surface area (Å²) in [6.45, 7) is 0. The Labute approximate surface area is 147 Å². The summed E-state index contributed by atoms with van der Waals surface area (Å²) in [6.07, 6.45) is 1.32. The number of nitriles is 1. The highest BCUT2D eigenvalue weighted by atomic mass is 35.5. The molecule has 0 atom stereocenters. The van der Waals surface area contributed by atoms with Crippen molar-refractivity contribution in [1.82, 2.24) is 0 Å². The lowest BCUT2D eigenvalue weighted by molar-refractivity contribution is -0.384. The Morgan fingerprint density at radius 2 is 1.88 bits per heavy atom. The molecule has 0 unspecified atom stereocenters. The van der Waals surface area contributed by atoms with Gasteiger partial charge < -0.3 is 5.32 Å². The summed E-state index contributed by atoms with van der Waals surface area (Å²) in [6, 6.07) is 12.0. The molecule has 6 nitrogen and oxygen atoms in total. The molecular weight excluding hydrogens is 353 g/mol. The van der Waals surface area contributed by atoms with Gasteiger partial charge in [0.05, 0.1) is 20.7 Å². The molecule has 0 bridgehead atoms. The molecule has 1 N–H and O–H groups in total. The molecule has 2 aromatic carbocycles. The largest absolute Gasteiger partial charge is 0.320 e. The maximum Gasteiger partial charge on any atom is 0.269 e. The summed E-state index contributed by atoms with van der Waals surface area (Å²) >= 11 is 11.8. The third kappa shape index (κ3) is 4.10. The zero-order valence-corrected chi connectivity index (χ0v) is 13.5. The van der Waals surface area contributed by atoms with Crippen molar-refractivity contribution in [3.05, 3.63) is 73.8 Å². The van der Waals surface area contributed by atoms with Crippen LogP contribution in [-0.2, 0) is 4.79 Å². The lowest BCUT2D eigenvalue weighted by atomic mass is 10.1. The van der Waals surface area contributed by atoms with Crippen molar-refractivity contribution in [1.29, 1.82) is 5.26 Å². The third-order valence-corrected chi connectivity index (χ3v) is 3.80. The summed E-state index contributed by atoms with van der Waals surface area (Å²) in [5, 5.41) is 22.7. The molecule has 0 saturated carbocycles. The number of hydrogen-bond donors (Lipinski definition) is 1. The van der Waals surface area contributed by atoms with E-state index in [0.717, 1.165) is 0 Å². The number of nitro benzene ring substituents is 1. The van der Waals surface area contributed by atoms with Crippen LogP contribution in [0.5, 0.6) is 0 Å². The first-order chi connectivity index (χ1) is 11.4. The van der Waals surface area contributed by atoms with Crippen LogP contribution in [-0.4, -0.2) is 10.8 Å². The van der Waals surface area contributed by atoms with Gasteiger partial charge in [0.15, 0.2) is 0 Å². The Hall–Kier alpha value is -2.88. The number of nitrogens with one attached hydrogen (secondary N) is 1. The van der Waals surface area contributed by atoms with E-state index in [-0.39, 0.29) is 27.0 Å². The van der Waals surface area contributed by atoms with E-state index in [9.17, 15) is 14.9 Å². The topological polar surface area (TPSA) is 96.0 Å². The van der Waals surface area contributed by atoms with E-state index >= 15 is 0 Å². The fraction of sp³-hybridized carbons (Fsp3) is 0. The van der Waals surface area contributed by atoms with Crippen molar-refractivity contribution in [2.45, 2.75) is 0 Å². The van der Waals surface area contributed by atoms with Crippen LogP contribution in [0.3, 0.4) is 0 Å². The average Bonchev–Trinajstić information content (AvgIpc) is 2.57. The molecule has 120 valence electrons. The second kappa shape index (κ2) is 7.59. The van der Waals surface area contributed by atoms with Gasteiger partial charge in [-0.25, -0.2) is 0 Å². The molecule has 2 aromatic rings. The second-order valence-corrected chi connectivity index (χ2v) is 5.36. The van der Waals surface area contributed by atoms with E-state index in [2.05, 4.69) is 5.32 Å². The maximum absolute atomic E-state index is 12.2. The lowest BCUT2D eigenvalue weighted by Crippen LogP contribution is -2.13. The van der Waals surface area contributed by atoms with Gasteiger partial charge >= 0.3 is 0 Å². The zero-order valence-electron chi connectivity index (χ0n) is 12.0. The van der Waals surface area contributed by atoms with E-state index in [1.807, 2.05) is 0 Å². The van der Waals surface area contributed by atoms with Crippen molar-refractivity contribution in [3.63, 3.8) is 0 Å². The van der Waals surface area contributed by atoms with E-state index in [0.29, 0.717) is 5.56 Å². The molecule has 0 radical (unpaired) electrons. The van der Waals surface area contributed by atoms with Gasteiger partial charge in [-0.15, -0.1) is 0 Å². The Morgan fingerprint density at radius 1 is 1.21 bits per heavy atom. The van der Waals surface area contributed by atoms with E-state index < -0.39 is 10.8 Å². The van der Waals surface area contributed by atoms with Gasteiger partial charge in [0.1, 0.15) is 11.6 Å². The van der Waals surface area contributed by atoms with E-state index in [1.54, 1.807) is 24.3 Å². The quantitative estimate of drug-likeness (QED) is 0.376. The van der Waals surface area contributed by atoms with Crippen LogP contribution in [0.25, 0.3) is 6.08 Å². The van der Waals surface area contributed by atoms with E-state index in [4.69, 9.17) is 28.5 Å². The second-order valence-electron chi connectivity index (χ2n) is 4.57. The third-order valence-electron chi connectivity index (χ3n) is 2.98. The molecule has 0 aromatic heterocycles. The molecule has 0 spiro atoms. The number of anilines is 1. The number of benzene rings is 2. The fourth-order valence-electron chi connectivity index (χ4n) is 1.80. The van der Waals surface area contributed by atoms with Crippen LogP contribution in [0.15, 0.2) is 48.0 Å². The molecule has 1 amide bonds. The van der Waals surface area contributed by atoms with Crippen LogP contribution < -0.4 is 5.32 Å². The van der Waals surface area contributed by atoms with Gasteiger partial charge in [-0.1, -0.05) is 29.3 Å². The molecule has 0 aliphatic rings. The monoisotopic (exact) mass is 361 g/mol. The first-order valence-electron chi connectivity index (χ1n) is 6.54. The first kappa shape index (κ1) is 17.5. The summed E-state index contributed by atoms with van der Waals surface area (Å²) in [5.74, 6) is -0.667. The summed E-state index contributed by atoms with van der Waals surface area (Å²) in [5.41, 5.74) is 0.490. The number of amides is 1. The predicted molar refractivity (Wildman–Crippen MR) is 91.8 cm³/mol. The normalized spacial score (nSPS) is 10.8. The van der Waals surface area contributed by atoms with Crippen molar-refractivity contribution in [2.75, 3.05) is 5.32 Å². The Kier molecular flexibility index (Phi) is 5.53. The minimum atomic E-state index is -0.667. The molecule has 0 saturated heterocycles. The van der Waals surface area contributed by atoms with Crippen molar-refractivity contribution < 1.29 is 9.72 Å². The molecule has 0 aliphatic carbocycles. The molecule has 0 fully saturated rings. The SMILES string of the molecule is N#C/C(=C\c1ccc([N+](=O)[O-])cc1)C(=O)Nc1cccc(Cl)c1Cl. The van der Waals surface area contributed by atoms with Gasteiger partial charge in [0.2, 0.25) is 0 Å².